The summed E-state index contributed by atoms with van der Waals surface area (Å²) in [5, 5.41) is 3.89. The smallest absolute Gasteiger partial charge is 0.248 e. The third kappa shape index (κ3) is 3.53. The van der Waals surface area contributed by atoms with Crippen LogP contribution >= 0.6 is 15.9 Å². The molecule has 9 nitrogen and oxygen atoms in total. The van der Waals surface area contributed by atoms with Gasteiger partial charge in [0, 0.05) is 11.4 Å². The molecule has 6 rings (SSSR count). The maximum atomic E-state index is 15.0. The predicted molar refractivity (Wildman–Crippen MR) is 132 cm³/mol. The van der Waals surface area contributed by atoms with Crippen molar-refractivity contribution in [2.75, 3.05) is 11.1 Å². The van der Waals surface area contributed by atoms with Gasteiger partial charge in [-0.3, -0.25) is 9.59 Å². The van der Waals surface area contributed by atoms with Gasteiger partial charge < -0.3 is 20.5 Å². The molecule has 4 aromatic rings. The standard InChI is InChI=1S/C24H21BrFN7O2/c25-17-5-2-6-18(30-17)31-24(35)16-9-12-7-8-15(12)33(16)19(34)10-32-21-13(3-1-4-14(21)26)20-22(27)28-11-29-23(20)32/h1-6,11-12,15-16H,7-10H2,(H2,27,28,29)(H,30,31,35)/t12-,15-,16+/m1/s1. The summed E-state index contributed by atoms with van der Waals surface area (Å²) in [6.45, 7) is -0.167. The van der Waals surface area contributed by atoms with E-state index in [1.54, 1.807) is 35.2 Å². The number of rotatable bonds is 4. The van der Waals surface area contributed by atoms with E-state index in [-0.39, 0.29) is 41.7 Å². The number of likely N-dealkylation sites (tertiary alicyclic amines) is 1. The lowest BCUT2D eigenvalue weighted by Gasteiger charge is -2.37. The van der Waals surface area contributed by atoms with E-state index in [0.717, 1.165) is 12.8 Å². The van der Waals surface area contributed by atoms with Gasteiger partial charge in [-0.25, -0.2) is 19.3 Å². The summed E-state index contributed by atoms with van der Waals surface area (Å²) in [5.41, 5.74) is 6.72. The van der Waals surface area contributed by atoms with Gasteiger partial charge in [-0.2, -0.15) is 0 Å². The molecule has 1 aromatic carbocycles. The van der Waals surface area contributed by atoms with Crippen LogP contribution in [0.2, 0.25) is 0 Å². The first kappa shape index (κ1) is 21.9. The zero-order chi connectivity index (χ0) is 24.3. The number of pyridine rings is 1. The van der Waals surface area contributed by atoms with Gasteiger partial charge in [0.05, 0.1) is 10.9 Å². The van der Waals surface area contributed by atoms with E-state index in [1.807, 2.05) is 0 Å². The van der Waals surface area contributed by atoms with Crippen molar-refractivity contribution in [3.05, 3.63) is 53.1 Å². The minimum absolute atomic E-state index is 0.00801. The Labute approximate surface area is 207 Å². The quantitative estimate of drug-likeness (QED) is 0.384. The molecule has 0 spiro atoms. The number of nitrogens with two attached hydrogens (primary N) is 1. The summed E-state index contributed by atoms with van der Waals surface area (Å²) in [6, 6.07) is 9.27. The van der Waals surface area contributed by atoms with Crippen molar-refractivity contribution in [1.29, 1.82) is 0 Å². The van der Waals surface area contributed by atoms with Crippen molar-refractivity contribution < 1.29 is 14.0 Å². The van der Waals surface area contributed by atoms with Crippen LogP contribution in [0.5, 0.6) is 0 Å². The summed E-state index contributed by atoms with van der Waals surface area (Å²) in [4.78, 5) is 41.2. The van der Waals surface area contributed by atoms with Crippen molar-refractivity contribution in [2.24, 2.45) is 5.92 Å². The fourth-order valence-corrected chi connectivity index (χ4v) is 5.77. The molecule has 3 aromatic heterocycles. The SMILES string of the molecule is Nc1ncnc2c1c1cccc(F)c1n2CC(=O)N1[C@@H]2CC[C@@H]2C[C@H]1C(=O)Nc1cccc(Br)n1. The summed E-state index contributed by atoms with van der Waals surface area (Å²) >= 11 is 3.30. The minimum atomic E-state index is -0.626. The lowest BCUT2D eigenvalue weighted by atomic mass is 9.80. The van der Waals surface area contributed by atoms with Crippen LogP contribution in [0.15, 0.2) is 47.3 Å². The Hall–Kier alpha value is -3.60. The van der Waals surface area contributed by atoms with Gasteiger partial charge in [-0.1, -0.05) is 18.2 Å². The number of hydrogen-bond donors (Lipinski definition) is 2. The van der Waals surface area contributed by atoms with Gasteiger partial charge >= 0.3 is 0 Å². The van der Waals surface area contributed by atoms with Crippen LogP contribution in [0, 0.1) is 11.7 Å². The van der Waals surface area contributed by atoms with E-state index in [2.05, 4.69) is 36.2 Å². The summed E-state index contributed by atoms with van der Waals surface area (Å²) in [7, 11) is 0. The minimum Gasteiger partial charge on any atom is -0.383 e. The summed E-state index contributed by atoms with van der Waals surface area (Å²) in [6.07, 6.45) is 3.70. The van der Waals surface area contributed by atoms with Crippen LogP contribution in [-0.4, -0.2) is 48.3 Å². The molecule has 2 fully saturated rings. The van der Waals surface area contributed by atoms with Gasteiger partial charge in [0.15, 0.2) is 0 Å². The van der Waals surface area contributed by atoms with Gasteiger partial charge in [-0.05, 0) is 59.3 Å². The normalized spacial score (nSPS) is 21.2. The van der Waals surface area contributed by atoms with Crippen LogP contribution < -0.4 is 11.1 Å². The first-order valence-electron chi connectivity index (χ1n) is 11.3. The predicted octanol–water partition coefficient (Wildman–Crippen LogP) is 3.48. The molecule has 35 heavy (non-hydrogen) atoms. The number of benzene rings is 1. The molecule has 3 N–H and O–H groups in total. The Morgan fingerprint density at radius 2 is 2.00 bits per heavy atom. The molecule has 3 atom stereocenters. The van der Waals surface area contributed by atoms with Crippen molar-refractivity contribution in [2.45, 2.75) is 37.9 Å². The number of fused-ring (bicyclic) bond motifs is 4. The number of nitrogens with zero attached hydrogens (tertiary/aromatic N) is 5. The topological polar surface area (TPSA) is 119 Å². The fourth-order valence-electron chi connectivity index (χ4n) is 5.42. The summed E-state index contributed by atoms with van der Waals surface area (Å²) in [5.74, 6) is -0.121. The van der Waals surface area contributed by atoms with Gasteiger partial charge in [0.2, 0.25) is 11.8 Å². The largest absolute Gasteiger partial charge is 0.383 e. The molecule has 1 saturated carbocycles. The monoisotopic (exact) mass is 537 g/mol. The molecule has 4 heterocycles. The zero-order valence-electron chi connectivity index (χ0n) is 18.5. The third-order valence-electron chi connectivity index (χ3n) is 7.09. The number of aromatic nitrogens is 4. The van der Waals surface area contributed by atoms with Crippen LogP contribution in [-0.2, 0) is 16.1 Å². The lowest BCUT2D eigenvalue weighted by molar-refractivity contribution is -0.140. The molecule has 11 heteroatoms. The molecule has 0 unspecified atom stereocenters. The molecule has 0 radical (unpaired) electrons. The number of hydrogen-bond acceptors (Lipinski definition) is 6. The van der Waals surface area contributed by atoms with E-state index in [9.17, 15) is 14.0 Å². The second kappa shape index (κ2) is 8.26. The second-order valence-electron chi connectivity index (χ2n) is 8.97. The number of anilines is 2. The zero-order valence-corrected chi connectivity index (χ0v) is 20.1. The molecule has 1 aliphatic carbocycles. The number of amides is 2. The first-order chi connectivity index (χ1) is 16.9. The molecule has 178 valence electrons. The Bertz CT molecular complexity index is 1510. The maximum absolute atomic E-state index is 15.0. The van der Waals surface area contributed by atoms with Crippen LogP contribution in [0.25, 0.3) is 21.9 Å². The maximum Gasteiger partial charge on any atom is 0.248 e. The number of nitrogen functional groups attached to an aromatic ring is 1. The first-order valence-corrected chi connectivity index (χ1v) is 12.1. The highest BCUT2D eigenvalue weighted by molar-refractivity contribution is 9.10. The molecular formula is C24H21BrFN7O2. The van der Waals surface area contributed by atoms with Crippen molar-refractivity contribution in [1.82, 2.24) is 24.4 Å². The molecule has 2 aliphatic rings. The Morgan fingerprint density at radius 1 is 1.17 bits per heavy atom. The molecule has 0 bridgehead atoms. The number of nitrogens with one attached hydrogen (secondary N) is 1. The molecular weight excluding hydrogens is 517 g/mol. The van der Waals surface area contributed by atoms with E-state index in [4.69, 9.17) is 5.73 Å². The third-order valence-corrected chi connectivity index (χ3v) is 7.53. The fraction of sp³-hybridized carbons (Fsp3) is 0.292. The summed E-state index contributed by atoms with van der Waals surface area (Å²) < 4.78 is 17.1. The van der Waals surface area contributed by atoms with Gasteiger partial charge in [0.25, 0.3) is 0 Å². The second-order valence-corrected chi connectivity index (χ2v) is 9.78. The average molecular weight is 538 g/mol. The van der Waals surface area contributed by atoms with Crippen LogP contribution in [0.3, 0.4) is 0 Å². The van der Waals surface area contributed by atoms with Crippen molar-refractivity contribution in [3.63, 3.8) is 0 Å². The van der Waals surface area contributed by atoms with Crippen molar-refractivity contribution >= 4 is 61.3 Å². The molecule has 1 aliphatic heterocycles. The Morgan fingerprint density at radius 3 is 2.77 bits per heavy atom. The van der Waals surface area contributed by atoms with E-state index in [1.165, 1.54) is 17.0 Å². The highest BCUT2D eigenvalue weighted by atomic mass is 79.9. The number of para-hydroxylation sites is 1. The highest BCUT2D eigenvalue weighted by Gasteiger charge is 2.51. The van der Waals surface area contributed by atoms with E-state index in [0.29, 0.717) is 33.3 Å². The number of carbonyl (C=O) groups is 2. The molecule has 2 amide bonds. The van der Waals surface area contributed by atoms with E-state index < -0.39 is 11.9 Å². The number of halogens is 2. The van der Waals surface area contributed by atoms with Crippen LogP contribution in [0.1, 0.15) is 19.3 Å². The Balaban J connectivity index is 1.35. The highest BCUT2D eigenvalue weighted by Crippen LogP contribution is 2.44. The Kier molecular flexibility index (Phi) is 5.17. The lowest BCUT2D eigenvalue weighted by Crippen LogP contribution is -2.50. The van der Waals surface area contributed by atoms with Gasteiger partial charge in [-0.15, -0.1) is 0 Å². The average Bonchev–Trinajstić information content (AvgIpc) is 3.27. The van der Waals surface area contributed by atoms with E-state index >= 15 is 0 Å². The van der Waals surface area contributed by atoms with Gasteiger partial charge in [0.1, 0.15) is 46.6 Å². The number of carbonyl (C=O) groups excluding carboxylic acids is 2. The van der Waals surface area contributed by atoms with Crippen LogP contribution in [0.4, 0.5) is 16.0 Å². The molecule has 1 saturated heterocycles. The van der Waals surface area contributed by atoms with Crippen molar-refractivity contribution in [3.8, 4) is 0 Å².